The predicted molar refractivity (Wildman–Crippen MR) is 126 cm³/mol. The van der Waals surface area contributed by atoms with Crippen molar-refractivity contribution in [2.45, 2.75) is 12.1 Å². The van der Waals surface area contributed by atoms with Gasteiger partial charge in [-0.1, -0.05) is 23.4 Å². The average molecular weight is 471 g/mol. The fourth-order valence-electron chi connectivity index (χ4n) is 3.92. The highest BCUT2D eigenvalue weighted by Gasteiger charge is 2.55. The Morgan fingerprint density at radius 2 is 1.54 bits per heavy atom. The molecule has 2 aliphatic rings. The monoisotopic (exact) mass is 471 g/mol. The molecule has 2 aliphatic heterocycles. The molecule has 10 nitrogen and oxygen atoms in total. The first-order valence-corrected chi connectivity index (χ1v) is 10.9. The van der Waals surface area contributed by atoms with Crippen molar-refractivity contribution in [3.05, 3.63) is 78.9 Å². The van der Waals surface area contributed by atoms with Crippen LogP contribution in [0.1, 0.15) is 0 Å². The highest BCUT2D eigenvalue weighted by Crippen LogP contribution is 2.32. The Bertz CT molecular complexity index is 1280. The fourth-order valence-corrected chi connectivity index (χ4v) is 3.92. The van der Waals surface area contributed by atoms with E-state index in [0.717, 1.165) is 4.90 Å². The van der Waals surface area contributed by atoms with Gasteiger partial charge in [-0.15, -0.1) is 0 Å². The average Bonchev–Trinajstić information content (AvgIpc) is 3.40. The van der Waals surface area contributed by atoms with Crippen LogP contribution in [-0.4, -0.2) is 48.5 Å². The van der Waals surface area contributed by atoms with Crippen molar-refractivity contribution in [2.75, 3.05) is 23.9 Å². The lowest BCUT2D eigenvalue weighted by atomic mass is 10.1. The first kappa shape index (κ1) is 22.1. The number of carbonyl (C=O) groups excluding carboxylic acids is 3. The maximum atomic E-state index is 13.1. The number of carbonyl (C=O) groups is 3. The molecule has 176 valence electrons. The van der Waals surface area contributed by atoms with E-state index in [-0.39, 0.29) is 6.54 Å². The zero-order valence-electron chi connectivity index (χ0n) is 18.7. The van der Waals surface area contributed by atoms with Gasteiger partial charge in [-0.3, -0.25) is 19.4 Å². The number of para-hydroxylation sites is 1. The lowest BCUT2D eigenvalue weighted by Gasteiger charge is -2.20. The van der Waals surface area contributed by atoms with Crippen LogP contribution in [0.25, 0.3) is 0 Å². The molecule has 1 saturated heterocycles. The lowest BCUT2D eigenvalue weighted by Crippen LogP contribution is -2.43. The van der Waals surface area contributed by atoms with Crippen molar-refractivity contribution in [1.29, 1.82) is 0 Å². The summed E-state index contributed by atoms with van der Waals surface area (Å²) in [7, 11) is 1.53. The summed E-state index contributed by atoms with van der Waals surface area (Å²) in [6, 6.07) is 20.9. The molecule has 0 spiro atoms. The number of methoxy groups -OCH3 is 1. The van der Waals surface area contributed by atoms with Gasteiger partial charge in [0.1, 0.15) is 23.8 Å². The van der Waals surface area contributed by atoms with Crippen LogP contribution in [0.3, 0.4) is 0 Å². The Morgan fingerprint density at radius 3 is 2.23 bits per heavy atom. The number of anilines is 2. The van der Waals surface area contributed by atoms with Crippen LogP contribution in [0.15, 0.2) is 89.2 Å². The first-order valence-electron chi connectivity index (χ1n) is 10.9. The number of nitrogens with one attached hydrogen (secondary N) is 1. The van der Waals surface area contributed by atoms with E-state index >= 15 is 0 Å². The van der Waals surface area contributed by atoms with Gasteiger partial charge in [-0.25, -0.2) is 4.90 Å². The summed E-state index contributed by atoms with van der Waals surface area (Å²) in [5.74, 6) is 0.572. The van der Waals surface area contributed by atoms with Crippen LogP contribution in [0.5, 0.6) is 17.2 Å². The molecular weight excluding hydrogens is 450 g/mol. The molecule has 0 radical (unpaired) electrons. The molecule has 35 heavy (non-hydrogen) atoms. The van der Waals surface area contributed by atoms with E-state index in [0.29, 0.717) is 28.6 Å². The maximum Gasteiger partial charge on any atom is 0.263 e. The fraction of sp³-hybridized carbons (Fsp3) is 0.160. The van der Waals surface area contributed by atoms with Crippen molar-refractivity contribution in [2.24, 2.45) is 10.3 Å². The molecule has 3 amide bonds. The SMILES string of the molecule is COc1ccc(N2C(=O)[C@H]3N=NN(CC(=O)Nc4ccc(Oc5ccccc5)cc4)[C@@H]3C2=O)cc1. The van der Waals surface area contributed by atoms with Gasteiger partial charge in [0, 0.05) is 5.69 Å². The van der Waals surface area contributed by atoms with Gasteiger partial charge >= 0.3 is 0 Å². The summed E-state index contributed by atoms with van der Waals surface area (Å²) in [5.41, 5.74) is 0.962. The topological polar surface area (TPSA) is 113 Å². The van der Waals surface area contributed by atoms with Gasteiger partial charge in [-0.05, 0) is 60.7 Å². The summed E-state index contributed by atoms with van der Waals surface area (Å²) in [5, 5.41) is 11.9. The Morgan fingerprint density at radius 1 is 0.886 bits per heavy atom. The largest absolute Gasteiger partial charge is 0.497 e. The zero-order valence-corrected chi connectivity index (χ0v) is 18.7. The summed E-state index contributed by atoms with van der Waals surface area (Å²) in [6.07, 6.45) is 0. The summed E-state index contributed by atoms with van der Waals surface area (Å²) in [4.78, 5) is 39.6. The number of hydrogen-bond donors (Lipinski definition) is 1. The highest BCUT2D eigenvalue weighted by atomic mass is 16.5. The van der Waals surface area contributed by atoms with E-state index in [1.807, 2.05) is 30.3 Å². The van der Waals surface area contributed by atoms with Crippen LogP contribution in [0, 0.1) is 0 Å². The molecule has 1 fully saturated rings. The molecule has 2 heterocycles. The van der Waals surface area contributed by atoms with Gasteiger partial charge in [-0.2, -0.15) is 5.11 Å². The third-order valence-corrected chi connectivity index (χ3v) is 5.61. The van der Waals surface area contributed by atoms with E-state index in [9.17, 15) is 14.4 Å². The minimum absolute atomic E-state index is 0.234. The number of rotatable bonds is 7. The zero-order chi connectivity index (χ0) is 24.4. The molecule has 10 heteroatoms. The number of amides is 3. The molecule has 0 bridgehead atoms. The summed E-state index contributed by atoms with van der Waals surface area (Å²) in [6.45, 7) is -0.234. The van der Waals surface area contributed by atoms with Gasteiger partial charge < -0.3 is 14.8 Å². The molecule has 0 saturated carbocycles. The minimum atomic E-state index is -0.980. The van der Waals surface area contributed by atoms with Crippen molar-refractivity contribution in [3.63, 3.8) is 0 Å². The highest BCUT2D eigenvalue weighted by molar-refractivity contribution is 6.25. The third-order valence-electron chi connectivity index (χ3n) is 5.61. The van der Waals surface area contributed by atoms with Crippen LogP contribution < -0.4 is 19.7 Å². The smallest absolute Gasteiger partial charge is 0.263 e. The maximum absolute atomic E-state index is 13.1. The second-order valence-corrected chi connectivity index (χ2v) is 7.89. The third kappa shape index (κ3) is 4.41. The normalized spacial score (nSPS) is 18.5. The lowest BCUT2D eigenvalue weighted by molar-refractivity contribution is -0.123. The van der Waals surface area contributed by atoms with Crippen molar-refractivity contribution < 1.29 is 23.9 Å². The Labute approximate surface area is 200 Å². The number of imide groups is 1. The Kier molecular flexibility index (Phi) is 5.84. The van der Waals surface area contributed by atoms with E-state index in [2.05, 4.69) is 15.7 Å². The number of hydrogen-bond acceptors (Lipinski definition) is 8. The predicted octanol–water partition coefficient (Wildman–Crippen LogP) is 3.42. The summed E-state index contributed by atoms with van der Waals surface area (Å²) >= 11 is 0. The molecule has 3 aromatic rings. The first-order chi connectivity index (χ1) is 17.0. The van der Waals surface area contributed by atoms with Crippen molar-refractivity contribution in [3.8, 4) is 17.2 Å². The summed E-state index contributed by atoms with van der Waals surface area (Å²) < 4.78 is 10.9. The number of ether oxygens (including phenoxy) is 2. The number of benzene rings is 3. The molecule has 5 rings (SSSR count). The molecule has 1 N–H and O–H groups in total. The van der Waals surface area contributed by atoms with Crippen LogP contribution in [0.4, 0.5) is 11.4 Å². The number of nitrogens with zero attached hydrogens (tertiary/aromatic N) is 4. The van der Waals surface area contributed by atoms with Crippen molar-refractivity contribution in [1.82, 2.24) is 5.01 Å². The Balaban J connectivity index is 1.21. The van der Waals surface area contributed by atoms with Gasteiger partial charge in [0.2, 0.25) is 5.91 Å². The molecule has 3 aromatic carbocycles. The van der Waals surface area contributed by atoms with Crippen molar-refractivity contribution >= 4 is 29.1 Å². The van der Waals surface area contributed by atoms with Gasteiger partial charge in [0.25, 0.3) is 11.8 Å². The second kappa shape index (κ2) is 9.26. The molecule has 2 atom stereocenters. The minimum Gasteiger partial charge on any atom is -0.497 e. The quantitative estimate of drug-likeness (QED) is 0.529. The molecular formula is C25H21N5O5. The van der Waals surface area contributed by atoms with Gasteiger partial charge in [0.15, 0.2) is 12.1 Å². The molecule has 0 aliphatic carbocycles. The Hall–Kier alpha value is -4.73. The van der Waals surface area contributed by atoms with E-state index in [4.69, 9.17) is 9.47 Å². The standard InChI is InChI=1S/C25H21N5O5/c1-34-18-13-9-17(10-14-18)30-24(32)22-23(25(30)33)29(28-27-22)15-21(31)26-16-7-11-20(12-8-16)35-19-5-3-2-4-6-19/h2-14,22-23H,15H2,1H3,(H,26,31)/t22-,23-/m0/s1. The van der Waals surface area contributed by atoms with E-state index in [1.54, 1.807) is 48.5 Å². The van der Waals surface area contributed by atoms with Crippen LogP contribution in [0.2, 0.25) is 0 Å². The van der Waals surface area contributed by atoms with E-state index in [1.165, 1.54) is 12.1 Å². The van der Waals surface area contributed by atoms with Crippen LogP contribution in [-0.2, 0) is 14.4 Å². The number of fused-ring (bicyclic) bond motifs is 1. The second-order valence-electron chi connectivity index (χ2n) is 7.89. The molecule has 0 aromatic heterocycles. The molecule has 0 unspecified atom stereocenters. The van der Waals surface area contributed by atoms with Crippen LogP contribution >= 0.6 is 0 Å². The van der Waals surface area contributed by atoms with Gasteiger partial charge in [0.05, 0.1) is 12.8 Å². The van der Waals surface area contributed by atoms with E-state index < -0.39 is 29.8 Å².